The van der Waals surface area contributed by atoms with E-state index < -0.39 is 9.05 Å². The first-order valence-electron chi connectivity index (χ1n) is 6.96. The van der Waals surface area contributed by atoms with E-state index in [9.17, 15) is 8.42 Å². The smallest absolute Gasteiger partial charge is 0.261 e. The van der Waals surface area contributed by atoms with Gasteiger partial charge in [-0.3, -0.25) is 0 Å². The van der Waals surface area contributed by atoms with Gasteiger partial charge in [0.2, 0.25) is 0 Å². The summed E-state index contributed by atoms with van der Waals surface area (Å²) in [5, 5.41) is 0.926. The first-order valence-corrected chi connectivity index (χ1v) is 9.27. The molecule has 1 aromatic heterocycles. The zero-order valence-electron chi connectivity index (χ0n) is 12.4. The number of aromatic nitrogens is 1. The first kappa shape index (κ1) is 15.1. The van der Waals surface area contributed by atoms with Gasteiger partial charge in [-0.1, -0.05) is 30.3 Å². The van der Waals surface area contributed by atoms with Gasteiger partial charge in [0.25, 0.3) is 9.05 Å². The van der Waals surface area contributed by atoms with Crippen LogP contribution < -0.4 is 0 Å². The fourth-order valence-electron chi connectivity index (χ4n) is 2.75. The highest BCUT2D eigenvalue weighted by Crippen LogP contribution is 2.29. The third-order valence-electron chi connectivity index (χ3n) is 4.08. The summed E-state index contributed by atoms with van der Waals surface area (Å²) in [6.07, 6.45) is 0. The van der Waals surface area contributed by atoms with Crippen LogP contribution >= 0.6 is 10.7 Å². The number of halogens is 1. The number of aryl methyl sites for hydroxylation is 1. The number of fused-ring (bicyclic) bond motifs is 1. The van der Waals surface area contributed by atoms with Crippen LogP contribution in [0.2, 0.25) is 0 Å². The van der Waals surface area contributed by atoms with Crippen LogP contribution in [0.4, 0.5) is 0 Å². The molecular weight excluding hydrogens is 318 g/mol. The molecule has 0 radical (unpaired) electrons. The average Bonchev–Trinajstić information content (AvgIpc) is 2.72. The molecule has 2 aromatic carbocycles. The molecule has 0 unspecified atom stereocenters. The maximum Gasteiger partial charge on any atom is 0.261 e. The van der Waals surface area contributed by atoms with Crippen molar-refractivity contribution in [1.29, 1.82) is 0 Å². The van der Waals surface area contributed by atoms with E-state index in [1.807, 2.05) is 38.1 Å². The summed E-state index contributed by atoms with van der Waals surface area (Å²) >= 11 is 0. The van der Waals surface area contributed by atoms with Crippen LogP contribution in [0.25, 0.3) is 10.9 Å². The zero-order chi connectivity index (χ0) is 15.9. The van der Waals surface area contributed by atoms with Crippen LogP contribution in [0.15, 0.2) is 53.4 Å². The summed E-state index contributed by atoms with van der Waals surface area (Å²) in [4.78, 5) is 0.140. The summed E-state index contributed by atoms with van der Waals surface area (Å²) in [6.45, 7) is 4.81. The van der Waals surface area contributed by atoms with Crippen molar-refractivity contribution in [2.45, 2.75) is 25.3 Å². The second kappa shape index (κ2) is 5.45. The van der Waals surface area contributed by atoms with Crippen LogP contribution in [0.5, 0.6) is 0 Å². The van der Waals surface area contributed by atoms with Crippen molar-refractivity contribution in [2.75, 3.05) is 0 Å². The van der Waals surface area contributed by atoms with E-state index in [2.05, 4.69) is 16.7 Å². The molecular formula is C17H16ClNO2S. The van der Waals surface area contributed by atoms with Gasteiger partial charge in [0, 0.05) is 33.8 Å². The monoisotopic (exact) mass is 333 g/mol. The first-order chi connectivity index (χ1) is 10.4. The third kappa shape index (κ3) is 2.64. The topological polar surface area (TPSA) is 39.1 Å². The van der Waals surface area contributed by atoms with Crippen LogP contribution in [0.3, 0.4) is 0 Å². The van der Waals surface area contributed by atoms with Crippen LogP contribution in [-0.2, 0) is 15.6 Å². The lowest BCUT2D eigenvalue weighted by molar-refractivity contribution is 0.609. The number of hydrogen-bond donors (Lipinski definition) is 0. The number of nitrogens with zero attached hydrogens (tertiary/aromatic N) is 1. The van der Waals surface area contributed by atoms with E-state index >= 15 is 0 Å². The SMILES string of the molecule is Cc1c(C)n(Cc2ccccc2)c2ccc(S(=O)(=O)Cl)cc12. The van der Waals surface area contributed by atoms with E-state index in [0.29, 0.717) is 0 Å². The van der Waals surface area contributed by atoms with Crippen molar-refractivity contribution in [3.05, 3.63) is 65.4 Å². The second-order valence-corrected chi connectivity index (χ2v) is 7.96. The van der Waals surface area contributed by atoms with Gasteiger partial charge >= 0.3 is 0 Å². The Kier molecular flexibility index (Phi) is 3.75. The zero-order valence-corrected chi connectivity index (χ0v) is 13.9. The predicted octanol–water partition coefficient (Wildman–Crippen LogP) is 4.23. The molecule has 0 bridgehead atoms. The molecule has 0 aliphatic rings. The maximum atomic E-state index is 11.5. The van der Waals surface area contributed by atoms with E-state index in [0.717, 1.165) is 28.7 Å². The van der Waals surface area contributed by atoms with Crippen LogP contribution in [0.1, 0.15) is 16.8 Å². The van der Waals surface area contributed by atoms with Crippen molar-refractivity contribution in [3.63, 3.8) is 0 Å². The molecule has 0 saturated heterocycles. The minimum absolute atomic E-state index is 0.140. The van der Waals surface area contributed by atoms with E-state index in [-0.39, 0.29) is 4.90 Å². The molecule has 0 amide bonds. The Morgan fingerprint density at radius 2 is 1.73 bits per heavy atom. The van der Waals surface area contributed by atoms with Gasteiger partial charge in [0.15, 0.2) is 0 Å². The minimum atomic E-state index is -3.71. The fourth-order valence-corrected chi connectivity index (χ4v) is 3.53. The van der Waals surface area contributed by atoms with E-state index in [1.165, 1.54) is 5.56 Å². The molecule has 3 nitrogen and oxygen atoms in total. The van der Waals surface area contributed by atoms with E-state index in [1.54, 1.807) is 12.1 Å². The van der Waals surface area contributed by atoms with Crippen molar-refractivity contribution < 1.29 is 8.42 Å². The highest BCUT2D eigenvalue weighted by molar-refractivity contribution is 8.13. The Bertz CT molecular complexity index is 944. The van der Waals surface area contributed by atoms with Gasteiger partial charge in [-0.05, 0) is 43.2 Å². The summed E-state index contributed by atoms with van der Waals surface area (Å²) in [7, 11) is 1.74. The summed E-state index contributed by atoms with van der Waals surface area (Å²) in [5.41, 5.74) is 4.43. The molecule has 5 heteroatoms. The lowest BCUT2D eigenvalue weighted by Gasteiger charge is -2.09. The van der Waals surface area contributed by atoms with Crippen LogP contribution in [0, 0.1) is 13.8 Å². The molecule has 22 heavy (non-hydrogen) atoms. The molecule has 0 fully saturated rings. The van der Waals surface area contributed by atoms with Crippen LogP contribution in [-0.4, -0.2) is 13.0 Å². The summed E-state index contributed by atoms with van der Waals surface area (Å²) in [5.74, 6) is 0. The molecule has 0 aliphatic carbocycles. The van der Waals surface area contributed by atoms with Gasteiger partial charge in [-0.2, -0.15) is 0 Å². The van der Waals surface area contributed by atoms with Crippen molar-refractivity contribution in [3.8, 4) is 0 Å². The van der Waals surface area contributed by atoms with Gasteiger partial charge in [0.05, 0.1) is 4.90 Å². The minimum Gasteiger partial charge on any atom is -0.340 e. The van der Waals surface area contributed by atoms with Gasteiger partial charge in [-0.15, -0.1) is 0 Å². The lowest BCUT2D eigenvalue weighted by atomic mass is 10.1. The molecule has 0 saturated carbocycles. The fraction of sp³-hybridized carbons (Fsp3) is 0.176. The molecule has 3 rings (SSSR count). The molecule has 3 aromatic rings. The number of benzene rings is 2. The molecule has 0 N–H and O–H groups in total. The Hall–Kier alpha value is -1.78. The van der Waals surface area contributed by atoms with Crippen molar-refractivity contribution in [1.82, 2.24) is 4.57 Å². The summed E-state index contributed by atoms with van der Waals surface area (Å²) < 4.78 is 25.3. The highest BCUT2D eigenvalue weighted by atomic mass is 35.7. The highest BCUT2D eigenvalue weighted by Gasteiger charge is 2.16. The quantitative estimate of drug-likeness (QED) is 0.673. The predicted molar refractivity (Wildman–Crippen MR) is 90.0 cm³/mol. The Balaban J connectivity index is 2.18. The van der Waals surface area contributed by atoms with Gasteiger partial charge < -0.3 is 4.57 Å². The molecule has 0 aliphatic heterocycles. The maximum absolute atomic E-state index is 11.5. The van der Waals surface area contributed by atoms with Crippen molar-refractivity contribution in [2.24, 2.45) is 0 Å². The molecule has 0 atom stereocenters. The lowest BCUT2D eigenvalue weighted by Crippen LogP contribution is -2.01. The standard InChI is InChI=1S/C17H16ClNO2S/c1-12-13(2)19(11-14-6-4-3-5-7-14)17-9-8-15(10-16(12)17)22(18,20)21/h3-10H,11H2,1-2H3. The van der Waals surface area contributed by atoms with Gasteiger partial charge in [0.1, 0.15) is 0 Å². The average molecular weight is 334 g/mol. The van der Waals surface area contributed by atoms with E-state index in [4.69, 9.17) is 10.7 Å². The second-order valence-electron chi connectivity index (χ2n) is 5.40. The molecule has 1 heterocycles. The van der Waals surface area contributed by atoms with Crippen molar-refractivity contribution >= 4 is 30.6 Å². The molecule has 0 spiro atoms. The largest absolute Gasteiger partial charge is 0.340 e. The Morgan fingerprint density at radius 3 is 2.36 bits per heavy atom. The number of rotatable bonds is 3. The Morgan fingerprint density at radius 1 is 1.05 bits per heavy atom. The molecule has 114 valence electrons. The Labute approximate surface area is 134 Å². The van der Waals surface area contributed by atoms with Gasteiger partial charge in [-0.25, -0.2) is 8.42 Å². The summed E-state index contributed by atoms with van der Waals surface area (Å²) in [6, 6.07) is 15.2. The normalized spacial score (nSPS) is 12.0. The number of hydrogen-bond acceptors (Lipinski definition) is 2. The third-order valence-corrected chi connectivity index (χ3v) is 5.43.